The van der Waals surface area contributed by atoms with Crippen LogP contribution in [0.15, 0.2) is 0 Å². The first-order valence-corrected chi connectivity index (χ1v) is 7.52. The number of hydrogen-bond donors (Lipinski definition) is 1. The minimum absolute atomic E-state index is 0.0130. The second-order valence-corrected chi connectivity index (χ2v) is 6.83. The van der Waals surface area contributed by atoms with Crippen molar-refractivity contribution in [2.75, 3.05) is 26.4 Å². The van der Waals surface area contributed by atoms with Gasteiger partial charge in [0.2, 0.25) is 10.0 Å². The Labute approximate surface area is 107 Å². The van der Waals surface area contributed by atoms with Gasteiger partial charge in [0, 0.05) is 20.1 Å². The molecule has 7 nitrogen and oxygen atoms in total. The van der Waals surface area contributed by atoms with Crippen LogP contribution < -0.4 is 5.32 Å². The molecule has 0 unspecified atom stereocenters. The molecule has 1 N–H and O–H groups in total. The van der Waals surface area contributed by atoms with E-state index in [0.717, 1.165) is 15.5 Å². The zero-order valence-corrected chi connectivity index (χ0v) is 11.8. The number of carbonyl (C=O) groups excluding carboxylic acids is 2. The lowest BCUT2D eigenvalue weighted by Crippen LogP contribution is -2.40. The number of carbonyl (C=O) groups is 2. The summed E-state index contributed by atoms with van der Waals surface area (Å²) in [4.78, 5) is 24.5. The zero-order valence-electron chi connectivity index (χ0n) is 11.0. The largest absolute Gasteiger partial charge is 0.326 e. The lowest BCUT2D eigenvalue weighted by molar-refractivity contribution is -0.128. The van der Waals surface area contributed by atoms with Crippen molar-refractivity contribution in [3.8, 4) is 0 Å². The predicted octanol–water partition coefficient (Wildman–Crippen LogP) is -0.546. The highest BCUT2D eigenvalue weighted by Gasteiger charge is 2.39. The number of nitrogens with zero attached hydrogens (tertiary/aromatic N) is 2. The molecule has 1 atom stereocenters. The van der Waals surface area contributed by atoms with Crippen molar-refractivity contribution in [3.05, 3.63) is 0 Å². The fraction of sp³-hybridized carbons (Fsp3) is 0.800. The van der Waals surface area contributed by atoms with Gasteiger partial charge in [-0.15, -0.1) is 0 Å². The third-order valence-corrected chi connectivity index (χ3v) is 4.24. The number of likely N-dealkylation sites (N-methyl/N-ethyl adjacent to an activating group) is 1. The quantitative estimate of drug-likeness (QED) is 0.683. The van der Waals surface area contributed by atoms with Crippen molar-refractivity contribution in [3.63, 3.8) is 0 Å². The van der Waals surface area contributed by atoms with Crippen LogP contribution in [0.5, 0.6) is 0 Å². The first-order valence-electron chi connectivity index (χ1n) is 5.67. The topological polar surface area (TPSA) is 86.8 Å². The fourth-order valence-corrected chi connectivity index (χ4v) is 2.02. The number of hydrogen-bond acceptors (Lipinski definition) is 4. The molecule has 0 aromatic carbocycles. The van der Waals surface area contributed by atoms with Crippen molar-refractivity contribution in [1.29, 1.82) is 0 Å². The van der Waals surface area contributed by atoms with E-state index in [-0.39, 0.29) is 24.9 Å². The van der Waals surface area contributed by atoms with E-state index in [1.165, 1.54) is 7.05 Å². The maximum Gasteiger partial charge on any atom is 0.324 e. The number of urea groups is 1. The number of imide groups is 1. The van der Waals surface area contributed by atoms with Gasteiger partial charge in [0.25, 0.3) is 5.91 Å². The van der Waals surface area contributed by atoms with Gasteiger partial charge in [-0.1, -0.05) is 13.8 Å². The first kappa shape index (κ1) is 14.9. The Morgan fingerprint density at radius 2 is 1.94 bits per heavy atom. The average molecular weight is 277 g/mol. The van der Waals surface area contributed by atoms with Crippen LogP contribution in [0.25, 0.3) is 0 Å². The van der Waals surface area contributed by atoms with E-state index in [9.17, 15) is 18.0 Å². The zero-order chi connectivity index (χ0) is 14.1. The summed E-state index contributed by atoms with van der Waals surface area (Å²) in [6.07, 6.45) is 1.08. The Balaban J connectivity index is 2.64. The third-order valence-electron chi connectivity index (χ3n) is 2.93. The molecule has 0 aromatic rings. The monoisotopic (exact) mass is 277 g/mol. The van der Waals surface area contributed by atoms with Crippen LogP contribution in [0.2, 0.25) is 0 Å². The summed E-state index contributed by atoms with van der Waals surface area (Å²) in [7, 11) is -1.89. The molecule has 1 aliphatic heterocycles. The first-order chi connectivity index (χ1) is 8.14. The molecule has 1 fully saturated rings. The molecule has 0 aromatic heterocycles. The molecule has 1 rings (SSSR count). The molecular formula is C10H19N3O4S. The molecule has 1 aliphatic rings. The smallest absolute Gasteiger partial charge is 0.324 e. The summed E-state index contributed by atoms with van der Waals surface area (Å²) in [6.45, 7) is 3.85. The molecule has 0 bridgehead atoms. The Bertz CT molecular complexity index is 446. The van der Waals surface area contributed by atoms with E-state index in [1.807, 2.05) is 13.8 Å². The van der Waals surface area contributed by atoms with Gasteiger partial charge in [0.05, 0.1) is 6.26 Å². The average Bonchev–Trinajstić information content (AvgIpc) is 2.50. The van der Waals surface area contributed by atoms with Crippen LogP contribution in [-0.2, 0) is 14.8 Å². The van der Waals surface area contributed by atoms with E-state index < -0.39 is 22.1 Å². The maximum atomic E-state index is 11.9. The van der Waals surface area contributed by atoms with Crippen molar-refractivity contribution < 1.29 is 18.0 Å². The highest BCUT2D eigenvalue weighted by molar-refractivity contribution is 7.88. The molecular weight excluding hydrogens is 258 g/mol. The highest BCUT2D eigenvalue weighted by atomic mass is 32.2. The predicted molar refractivity (Wildman–Crippen MR) is 66.3 cm³/mol. The standard InChI is InChI=1S/C10H19N3O4S/c1-7(2)8-9(14)13(10(15)11-8)6-5-12(3)18(4,16)17/h7-8H,5-6H2,1-4H3,(H,11,15)/t8-/m1/s1. The second-order valence-electron chi connectivity index (χ2n) is 4.75. The molecule has 3 amide bonds. The van der Waals surface area contributed by atoms with Crippen LogP contribution in [0.3, 0.4) is 0 Å². The van der Waals surface area contributed by atoms with Crippen LogP contribution in [0.4, 0.5) is 4.79 Å². The van der Waals surface area contributed by atoms with E-state index in [0.29, 0.717) is 0 Å². The van der Waals surface area contributed by atoms with E-state index in [4.69, 9.17) is 0 Å². The summed E-state index contributed by atoms with van der Waals surface area (Å²) in [5.74, 6) is -0.281. The molecule has 8 heteroatoms. The van der Waals surface area contributed by atoms with Crippen LogP contribution in [0.1, 0.15) is 13.8 Å². The summed E-state index contributed by atoms with van der Waals surface area (Å²) >= 11 is 0. The number of sulfonamides is 1. The number of rotatable bonds is 5. The summed E-state index contributed by atoms with van der Waals surface area (Å²) in [5.41, 5.74) is 0. The third kappa shape index (κ3) is 3.20. The van der Waals surface area contributed by atoms with Gasteiger partial charge in [0.1, 0.15) is 6.04 Å². The summed E-state index contributed by atoms with van der Waals surface area (Å²) in [6, 6.07) is -0.971. The van der Waals surface area contributed by atoms with Gasteiger partial charge >= 0.3 is 6.03 Å². The van der Waals surface area contributed by atoms with Crippen molar-refractivity contribution >= 4 is 22.0 Å². The Hall–Kier alpha value is -1.15. The van der Waals surface area contributed by atoms with Gasteiger partial charge in [-0.05, 0) is 5.92 Å². The Kier molecular flexibility index (Phi) is 4.33. The van der Waals surface area contributed by atoms with Gasteiger partial charge in [0.15, 0.2) is 0 Å². The highest BCUT2D eigenvalue weighted by Crippen LogP contribution is 2.13. The maximum absolute atomic E-state index is 11.9. The summed E-state index contributed by atoms with van der Waals surface area (Å²) < 4.78 is 23.5. The molecule has 0 spiro atoms. The molecule has 104 valence electrons. The fourth-order valence-electron chi connectivity index (χ4n) is 1.61. The minimum Gasteiger partial charge on any atom is -0.326 e. The molecule has 1 heterocycles. The van der Waals surface area contributed by atoms with Gasteiger partial charge < -0.3 is 5.32 Å². The van der Waals surface area contributed by atoms with Crippen molar-refractivity contribution in [2.24, 2.45) is 5.92 Å². The van der Waals surface area contributed by atoms with E-state index >= 15 is 0 Å². The second kappa shape index (κ2) is 5.23. The lowest BCUT2D eigenvalue weighted by Gasteiger charge is -2.18. The number of amides is 3. The SMILES string of the molecule is CC(C)[C@H]1NC(=O)N(CCN(C)S(C)(=O)=O)C1=O. The van der Waals surface area contributed by atoms with E-state index in [1.54, 1.807) is 0 Å². The van der Waals surface area contributed by atoms with Crippen LogP contribution >= 0.6 is 0 Å². The molecule has 0 radical (unpaired) electrons. The van der Waals surface area contributed by atoms with Gasteiger partial charge in [-0.2, -0.15) is 0 Å². The van der Waals surface area contributed by atoms with Gasteiger partial charge in [-0.25, -0.2) is 17.5 Å². The Morgan fingerprint density at radius 1 is 1.39 bits per heavy atom. The Morgan fingerprint density at radius 3 is 2.33 bits per heavy atom. The number of nitrogens with one attached hydrogen (secondary N) is 1. The van der Waals surface area contributed by atoms with Crippen molar-refractivity contribution in [1.82, 2.24) is 14.5 Å². The minimum atomic E-state index is -3.30. The van der Waals surface area contributed by atoms with Crippen LogP contribution in [0, 0.1) is 5.92 Å². The van der Waals surface area contributed by atoms with Crippen molar-refractivity contribution in [2.45, 2.75) is 19.9 Å². The molecule has 0 aliphatic carbocycles. The van der Waals surface area contributed by atoms with Gasteiger partial charge in [-0.3, -0.25) is 9.69 Å². The van der Waals surface area contributed by atoms with Crippen LogP contribution in [-0.4, -0.2) is 62.0 Å². The molecule has 0 saturated carbocycles. The molecule has 1 saturated heterocycles. The molecule has 18 heavy (non-hydrogen) atoms. The normalized spacial score (nSPS) is 21.0. The lowest BCUT2D eigenvalue weighted by atomic mass is 10.1. The van der Waals surface area contributed by atoms with E-state index in [2.05, 4.69) is 5.32 Å². The summed E-state index contributed by atoms with van der Waals surface area (Å²) in [5, 5.41) is 2.59.